The molecule has 0 heterocycles. The molecule has 0 aliphatic carbocycles. The van der Waals surface area contributed by atoms with Gasteiger partial charge in [0.05, 0.1) is 0 Å². The number of hydrogen-bond donors (Lipinski definition) is 3. The molecular weight excluding hydrogens is 109 g/mol. The smallest absolute Gasteiger partial charge is 0.303 e. The summed E-state index contributed by atoms with van der Waals surface area (Å²) in [6.07, 6.45) is 0. The predicted octanol–water partition coefficient (Wildman–Crippen LogP) is -1.69. The molecule has 7 heavy (non-hydrogen) atoms. The molecule has 0 aromatic carbocycles. The first-order valence-electron chi connectivity index (χ1n) is 0.783. The van der Waals surface area contributed by atoms with Crippen LogP contribution in [0.15, 0.2) is 0 Å². The fourth-order valence-corrected chi connectivity index (χ4v) is 0. The van der Waals surface area contributed by atoms with Crippen molar-refractivity contribution in [3.05, 3.63) is 0 Å². The van der Waals surface area contributed by atoms with E-state index in [0.717, 1.165) is 0 Å². The van der Waals surface area contributed by atoms with Crippen LogP contribution in [0.5, 0.6) is 0 Å². The van der Waals surface area contributed by atoms with Crippen molar-refractivity contribution in [2.75, 3.05) is 0 Å². The Morgan fingerprint density at radius 2 is 1.00 bits per heavy atom. The zero-order valence-corrected chi connectivity index (χ0v) is 5.09. The topological polar surface area (TPSA) is 77.8 Å². The fraction of sp³-hybridized carbons (Fsp3) is 0. The number of rotatable bonds is 0. The van der Waals surface area contributed by atoms with Crippen LogP contribution in [0.4, 0.5) is 0 Å². The monoisotopic (exact) mass is 112 g/mol. The Hall–Kier alpha value is 1.30. The van der Waals surface area contributed by atoms with Gasteiger partial charge in [0.2, 0.25) is 0 Å². The van der Waals surface area contributed by atoms with Crippen molar-refractivity contribution in [2.45, 2.75) is 0 Å². The summed E-state index contributed by atoms with van der Waals surface area (Å²) in [4.78, 5) is 21.6. The van der Waals surface area contributed by atoms with Crippen molar-refractivity contribution < 1.29 is 19.2 Å². The first kappa shape index (κ1) is 15.7. The molecule has 34 valence electrons. The van der Waals surface area contributed by atoms with Gasteiger partial charge in [0.15, 0.2) is 0 Å². The van der Waals surface area contributed by atoms with Gasteiger partial charge in [0, 0.05) is 37.7 Å². The number of hydrogen-bond acceptors (Lipinski definition) is 1. The van der Waals surface area contributed by atoms with E-state index < -0.39 is 7.82 Å². The maximum absolute atomic E-state index is 8.88. The summed E-state index contributed by atoms with van der Waals surface area (Å²) < 4.78 is 8.88. The van der Waals surface area contributed by atoms with E-state index in [1.165, 1.54) is 0 Å². The Balaban J connectivity index is -0.0000000800. The molecule has 0 amide bonds. The van der Waals surface area contributed by atoms with Gasteiger partial charge in [0.1, 0.15) is 0 Å². The van der Waals surface area contributed by atoms with Crippen LogP contribution in [-0.2, 0) is 4.57 Å². The summed E-state index contributed by atoms with van der Waals surface area (Å²) in [5, 5.41) is 0. The molecule has 0 rings (SSSR count). The molecule has 0 aliphatic rings. The minimum atomic E-state index is -4.64. The molecule has 3 N–H and O–H groups in total. The normalized spacial score (nSPS) is 8.43. The first-order chi connectivity index (χ1) is 2.00. The third kappa shape index (κ3) is 121. The van der Waals surface area contributed by atoms with Crippen LogP contribution in [0.1, 0.15) is 0 Å². The van der Waals surface area contributed by atoms with E-state index in [4.69, 9.17) is 19.2 Å². The zero-order chi connectivity index (χ0) is 4.50. The van der Waals surface area contributed by atoms with Crippen molar-refractivity contribution in [3.8, 4) is 0 Å². The largest absolute Gasteiger partial charge is 0.466 e. The van der Waals surface area contributed by atoms with E-state index in [9.17, 15) is 0 Å². The summed E-state index contributed by atoms with van der Waals surface area (Å²) in [6.45, 7) is 0. The maximum Gasteiger partial charge on any atom is 0.466 e. The molecule has 0 atom stereocenters. The van der Waals surface area contributed by atoms with E-state index in [0.29, 0.717) is 0 Å². The quantitative estimate of drug-likeness (QED) is 0.258. The van der Waals surface area contributed by atoms with E-state index in [-0.39, 0.29) is 37.7 Å². The molecular formula is H3Li2O4P. The second-order valence-electron chi connectivity index (χ2n) is 0.513. The van der Waals surface area contributed by atoms with Crippen molar-refractivity contribution in [2.24, 2.45) is 0 Å². The van der Waals surface area contributed by atoms with Crippen molar-refractivity contribution in [1.82, 2.24) is 0 Å². The van der Waals surface area contributed by atoms with E-state index in [1.807, 2.05) is 0 Å². The Bertz CT molecular complexity index is 55.8. The summed E-state index contributed by atoms with van der Waals surface area (Å²) >= 11 is 0. The zero-order valence-electron chi connectivity index (χ0n) is 4.20. The summed E-state index contributed by atoms with van der Waals surface area (Å²) in [5.41, 5.74) is 0. The van der Waals surface area contributed by atoms with Gasteiger partial charge in [0.25, 0.3) is 0 Å². The minimum absolute atomic E-state index is 0. The van der Waals surface area contributed by atoms with E-state index >= 15 is 0 Å². The Labute approximate surface area is 64.9 Å². The number of phosphoric acid groups is 1. The standard InChI is InChI=1S/2Li.H3O4P/c;;1-5(2,3)4/h;;(H3,1,2,3,4). The van der Waals surface area contributed by atoms with Crippen LogP contribution in [0.2, 0.25) is 0 Å². The van der Waals surface area contributed by atoms with Crippen molar-refractivity contribution in [1.29, 1.82) is 0 Å². The molecule has 7 heteroatoms. The third-order valence-electron chi connectivity index (χ3n) is 0. The molecule has 4 nitrogen and oxygen atoms in total. The molecule has 0 unspecified atom stereocenters. The average molecular weight is 112 g/mol. The van der Waals surface area contributed by atoms with Gasteiger partial charge in [-0.3, -0.25) is 0 Å². The van der Waals surface area contributed by atoms with Crippen LogP contribution in [0.3, 0.4) is 0 Å². The fourth-order valence-electron chi connectivity index (χ4n) is 0. The molecule has 0 spiro atoms. The van der Waals surface area contributed by atoms with Gasteiger partial charge in [-0.15, -0.1) is 0 Å². The minimum Gasteiger partial charge on any atom is -0.303 e. The van der Waals surface area contributed by atoms with Gasteiger partial charge in [-0.25, -0.2) is 4.57 Å². The van der Waals surface area contributed by atoms with Gasteiger partial charge >= 0.3 is 7.82 Å². The second kappa shape index (κ2) is 5.44. The molecule has 0 bridgehead atoms. The van der Waals surface area contributed by atoms with Crippen LogP contribution in [0.25, 0.3) is 0 Å². The molecule has 0 saturated heterocycles. The Morgan fingerprint density at radius 1 is 1.00 bits per heavy atom. The van der Waals surface area contributed by atoms with E-state index in [1.54, 1.807) is 0 Å². The SMILES string of the molecule is O=P(O)(O)O.[Li].[Li]. The molecule has 0 saturated carbocycles. The molecule has 0 aromatic rings. The summed E-state index contributed by atoms with van der Waals surface area (Å²) in [6, 6.07) is 0. The van der Waals surface area contributed by atoms with Crippen LogP contribution in [0, 0.1) is 0 Å². The molecule has 0 aromatic heterocycles. The van der Waals surface area contributed by atoms with Crippen molar-refractivity contribution in [3.63, 3.8) is 0 Å². The van der Waals surface area contributed by atoms with Gasteiger partial charge in [-0.1, -0.05) is 0 Å². The first-order valence-corrected chi connectivity index (χ1v) is 2.35. The van der Waals surface area contributed by atoms with Crippen LogP contribution in [-0.4, -0.2) is 52.4 Å². The molecule has 0 fully saturated rings. The maximum atomic E-state index is 8.88. The Kier molecular flexibility index (Phi) is 12.2. The summed E-state index contributed by atoms with van der Waals surface area (Å²) in [7, 11) is -4.64. The van der Waals surface area contributed by atoms with Gasteiger partial charge < -0.3 is 14.7 Å². The Morgan fingerprint density at radius 3 is 1.00 bits per heavy atom. The predicted molar refractivity (Wildman–Crippen MR) is 25.8 cm³/mol. The average Bonchev–Trinajstić information content (AvgIpc) is 0.722. The van der Waals surface area contributed by atoms with Crippen LogP contribution < -0.4 is 0 Å². The van der Waals surface area contributed by atoms with Crippen LogP contribution >= 0.6 is 7.82 Å². The van der Waals surface area contributed by atoms with Crippen molar-refractivity contribution >= 4 is 45.5 Å². The molecule has 2 radical (unpaired) electrons. The van der Waals surface area contributed by atoms with E-state index in [2.05, 4.69) is 0 Å². The third-order valence-corrected chi connectivity index (χ3v) is 0. The molecule has 0 aliphatic heterocycles. The van der Waals surface area contributed by atoms with Gasteiger partial charge in [-0.05, 0) is 0 Å². The van der Waals surface area contributed by atoms with Gasteiger partial charge in [-0.2, -0.15) is 0 Å². The summed E-state index contributed by atoms with van der Waals surface area (Å²) in [5.74, 6) is 0. The second-order valence-corrected chi connectivity index (χ2v) is 1.54.